The molecule has 0 bridgehead atoms. The zero-order valence-corrected chi connectivity index (χ0v) is 23.1. The number of halogens is 1. The number of nitrogens with zero attached hydrogens (tertiary/aromatic N) is 3. The molecule has 0 aliphatic heterocycles. The molecule has 0 radical (unpaired) electrons. The molecular formula is C31H37FN4O3. The minimum atomic E-state index is -0.685. The highest BCUT2D eigenvalue weighted by molar-refractivity contribution is 6.04. The van der Waals surface area contributed by atoms with Crippen molar-refractivity contribution in [3.05, 3.63) is 83.7 Å². The van der Waals surface area contributed by atoms with Crippen molar-refractivity contribution in [1.29, 1.82) is 0 Å². The molecule has 0 saturated carbocycles. The number of nitrogens with one attached hydrogen (secondary N) is 1. The first-order chi connectivity index (χ1) is 18.8. The van der Waals surface area contributed by atoms with Crippen LogP contribution in [0.3, 0.4) is 0 Å². The van der Waals surface area contributed by atoms with Crippen LogP contribution in [0.4, 0.5) is 27.1 Å². The van der Waals surface area contributed by atoms with Crippen LogP contribution in [-0.2, 0) is 16.0 Å². The number of anilines is 2. The van der Waals surface area contributed by atoms with Gasteiger partial charge in [-0.05, 0) is 66.9 Å². The van der Waals surface area contributed by atoms with Gasteiger partial charge in [-0.2, -0.15) is 10.2 Å². The summed E-state index contributed by atoms with van der Waals surface area (Å²) in [6.07, 6.45) is 4.30. The van der Waals surface area contributed by atoms with Crippen molar-refractivity contribution < 1.29 is 18.7 Å². The summed E-state index contributed by atoms with van der Waals surface area (Å²) in [7, 11) is 3.90. The number of hydrogen-bond acceptors (Lipinski definition) is 6. The molecule has 3 aromatic carbocycles. The number of hydrogen-bond donors (Lipinski definition) is 1. The van der Waals surface area contributed by atoms with Gasteiger partial charge in [0.2, 0.25) is 0 Å². The van der Waals surface area contributed by atoms with Gasteiger partial charge in [0.1, 0.15) is 5.82 Å². The molecule has 0 aliphatic rings. The zero-order valence-electron chi connectivity index (χ0n) is 23.1. The molecule has 206 valence electrons. The predicted octanol–water partition coefficient (Wildman–Crippen LogP) is 7.86. The topological polar surface area (TPSA) is 83.4 Å². The molecule has 0 spiro atoms. The van der Waals surface area contributed by atoms with E-state index < -0.39 is 11.7 Å². The molecule has 8 heteroatoms. The Bertz CT molecular complexity index is 1260. The summed E-state index contributed by atoms with van der Waals surface area (Å²) in [5.74, 6) is -1.42. The first-order valence-electron chi connectivity index (χ1n) is 13.4. The normalized spacial score (nSPS) is 11.8. The van der Waals surface area contributed by atoms with E-state index >= 15 is 0 Å². The molecule has 1 unspecified atom stereocenters. The molecular weight excluding hydrogens is 495 g/mol. The second-order valence-electron chi connectivity index (χ2n) is 9.59. The van der Waals surface area contributed by atoms with E-state index in [1.165, 1.54) is 12.1 Å². The van der Waals surface area contributed by atoms with Crippen LogP contribution in [0.5, 0.6) is 0 Å². The van der Waals surface area contributed by atoms with E-state index in [-0.39, 0.29) is 17.5 Å². The smallest absolute Gasteiger partial charge is 0.308 e. The van der Waals surface area contributed by atoms with Crippen LogP contribution >= 0.6 is 0 Å². The van der Waals surface area contributed by atoms with Crippen LogP contribution in [0.25, 0.3) is 0 Å². The van der Waals surface area contributed by atoms with Crippen LogP contribution in [0, 0.1) is 11.7 Å². The minimum Gasteiger partial charge on any atom is -0.465 e. The van der Waals surface area contributed by atoms with Gasteiger partial charge in [0.25, 0.3) is 5.91 Å². The highest BCUT2D eigenvalue weighted by atomic mass is 19.1. The molecule has 3 rings (SSSR count). The molecule has 0 heterocycles. The SMILES string of the molecule is CCCCC(CC)C(=O)OCCc1ccc(NC(=O)c2ccc(N=Nc3ccc(N(C)C)cc3)cc2F)cc1. The quantitative estimate of drug-likeness (QED) is 0.179. The van der Waals surface area contributed by atoms with Crippen molar-refractivity contribution in [1.82, 2.24) is 0 Å². The maximum Gasteiger partial charge on any atom is 0.308 e. The number of azo groups is 1. The number of ether oxygens (including phenoxy) is 1. The van der Waals surface area contributed by atoms with Gasteiger partial charge in [-0.15, -0.1) is 0 Å². The summed E-state index contributed by atoms with van der Waals surface area (Å²) < 4.78 is 20.1. The Morgan fingerprint density at radius 2 is 1.62 bits per heavy atom. The summed E-state index contributed by atoms with van der Waals surface area (Å²) in [5.41, 5.74) is 3.40. The number of carbonyl (C=O) groups excluding carboxylic acids is 2. The number of benzene rings is 3. The van der Waals surface area contributed by atoms with Gasteiger partial charge in [0, 0.05) is 38.0 Å². The van der Waals surface area contributed by atoms with Gasteiger partial charge in [-0.3, -0.25) is 9.59 Å². The second-order valence-corrected chi connectivity index (χ2v) is 9.59. The van der Waals surface area contributed by atoms with E-state index in [0.717, 1.165) is 36.9 Å². The molecule has 7 nitrogen and oxygen atoms in total. The van der Waals surface area contributed by atoms with Crippen LogP contribution < -0.4 is 10.2 Å². The molecule has 0 fully saturated rings. The lowest BCUT2D eigenvalue weighted by molar-refractivity contribution is -0.148. The maximum absolute atomic E-state index is 14.7. The summed E-state index contributed by atoms with van der Waals surface area (Å²) in [4.78, 5) is 26.9. The highest BCUT2D eigenvalue weighted by Gasteiger charge is 2.17. The van der Waals surface area contributed by atoms with Gasteiger partial charge < -0.3 is 15.0 Å². The van der Waals surface area contributed by atoms with Gasteiger partial charge in [0.15, 0.2) is 0 Å². The average Bonchev–Trinajstić information content (AvgIpc) is 2.93. The Balaban J connectivity index is 1.51. The summed E-state index contributed by atoms with van der Waals surface area (Å²) in [5, 5.41) is 10.9. The van der Waals surface area contributed by atoms with Crippen molar-refractivity contribution >= 4 is 34.6 Å². The average molecular weight is 533 g/mol. The van der Waals surface area contributed by atoms with Crippen molar-refractivity contribution in [2.75, 3.05) is 30.9 Å². The fourth-order valence-electron chi connectivity index (χ4n) is 3.96. The molecule has 0 aliphatic carbocycles. The number of esters is 1. The third kappa shape index (κ3) is 9.02. The Hall–Kier alpha value is -4.07. The van der Waals surface area contributed by atoms with Crippen molar-refractivity contribution in [2.45, 2.75) is 46.0 Å². The Morgan fingerprint density at radius 1 is 0.949 bits per heavy atom. The first kappa shape index (κ1) is 29.5. The maximum atomic E-state index is 14.7. The fraction of sp³-hybridized carbons (Fsp3) is 0.355. The lowest BCUT2D eigenvalue weighted by Gasteiger charge is -2.13. The Labute approximate surface area is 230 Å². The lowest BCUT2D eigenvalue weighted by atomic mass is 10.00. The predicted molar refractivity (Wildman–Crippen MR) is 154 cm³/mol. The van der Waals surface area contributed by atoms with Crippen molar-refractivity contribution in [3.8, 4) is 0 Å². The summed E-state index contributed by atoms with van der Waals surface area (Å²) in [6.45, 7) is 4.42. The van der Waals surface area contributed by atoms with Gasteiger partial charge >= 0.3 is 5.97 Å². The van der Waals surface area contributed by atoms with Crippen LogP contribution in [0.15, 0.2) is 77.0 Å². The minimum absolute atomic E-state index is 0.0412. The number of carbonyl (C=O) groups is 2. The summed E-state index contributed by atoms with van der Waals surface area (Å²) >= 11 is 0. The largest absolute Gasteiger partial charge is 0.465 e. The van der Waals surface area contributed by atoms with E-state index in [1.54, 1.807) is 18.2 Å². The second kappa shape index (κ2) is 14.8. The lowest BCUT2D eigenvalue weighted by Crippen LogP contribution is -2.18. The standard InChI is InChI=1S/C31H37FN4O3/c1-5-7-8-23(6-2)31(38)39-20-19-22-9-11-24(12-10-22)33-30(37)28-18-15-26(21-29(28)32)35-34-25-13-16-27(17-14-25)36(3)4/h9-18,21,23H,5-8,19-20H2,1-4H3,(H,33,37). The third-order valence-corrected chi connectivity index (χ3v) is 6.42. The molecule has 0 saturated heterocycles. The van der Waals surface area contributed by atoms with Crippen molar-refractivity contribution in [3.63, 3.8) is 0 Å². The monoisotopic (exact) mass is 532 g/mol. The van der Waals surface area contributed by atoms with Crippen LogP contribution in [-0.4, -0.2) is 32.6 Å². The fourth-order valence-corrected chi connectivity index (χ4v) is 3.96. The van der Waals surface area contributed by atoms with E-state index in [2.05, 4.69) is 22.5 Å². The highest BCUT2D eigenvalue weighted by Crippen LogP contribution is 2.23. The number of amides is 1. The summed E-state index contributed by atoms with van der Waals surface area (Å²) in [6, 6.07) is 18.8. The molecule has 39 heavy (non-hydrogen) atoms. The molecule has 3 aromatic rings. The number of rotatable bonds is 13. The number of unbranched alkanes of at least 4 members (excludes halogenated alkanes) is 1. The van der Waals surface area contributed by atoms with Gasteiger partial charge in [0.05, 0.1) is 29.5 Å². The van der Waals surface area contributed by atoms with Gasteiger partial charge in [-0.1, -0.05) is 38.8 Å². The molecule has 1 N–H and O–H groups in total. The zero-order chi connectivity index (χ0) is 28.2. The molecule has 1 atom stereocenters. The van der Waals surface area contributed by atoms with Crippen LogP contribution in [0.1, 0.15) is 55.5 Å². The van der Waals surface area contributed by atoms with Gasteiger partial charge in [-0.25, -0.2) is 4.39 Å². The Kier molecular flexibility index (Phi) is 11.2. The van der Waals surface area contributed by atoms with E-state index in [0.29, 0.717) is 30.1 Å². The van der Waals surface area contributed by atoms with E-state index in [4.69, 9.17) is 4.74 Å². The molecule has 0 aromatic heterocycles. The van der Waals surface area contributed by atoms with E-state index in [9.17, 15) is 14.0 Å². The molecule has 1 amide bonds. The van der Waals surface area contributed by atoms with Crippen molar-refractivity contribution in [2.24, 2.45) is 16.1 Å². The van der Waals surface area contributed by atoms with E-state index in [1.807, 2.05) is 62.3 Å². The Morgan fingerprint density at radius 3 is 2.23 bits per heavy atom. The van der Waals surface area contributed by atoms with Crippen LogP contribution in [0.2, 0.25) is 0 Å². The first-order valence-corrected chi connectivity index (χ1v) is 13.4. The third-order valence-electron chi connectivity index (χ3n) is 6.42.